The van der Waals surface area contributed by atoms with E-state index in [9.17, 15) is 9.18 Å². The number of halogens is 1. The first-order valence-electron chi connectivity index (χ1n) is 10.4. The molecule has 1 aliphatic heterocycles. The average molecular weight is 407 g/mol. The number of piperidine rings is 1. The number of carbonyl (C=O) groups is 1. The molecule has 0 bridgehead atoms. The van der Waals surface area contributed by atoms with Crippen LogP contribution >= 0.6 is 0 Å². The third-order valence-electron chi connectivity index (χ3n) is 5.80. The molecule has 156 valence electrons. The van der Waals surface area contributed by atoms with E-state index < -0.39 is 0 Å². The molecule has 1 aromatic carbocycles. The Bertz CT molecular complexity index is 1070. The molecule has 5 nitrogen and oxygen atoms in total. The first-order valence-corrected chi connectivity index (χ1v) is 10.4. The molecule has 4 rings (SSSR count). The summed E-state index contributed by atoms with van der Waals surface area (Å²) in [6.07, 6.45) is 1.74. The van der Waals surface area contributed by atoms with E-state index in [1.165, 1.54) is 6.07 Å². The number of amides is 1. The Morgan fingerprint density at radius 2 is 1.80 bits per heavy atom. The number of hydrogen-bond donors (Lipinski definition) is 1. The Morgan fingerprint density at radius 3 is 2.50 bits per heavy atom. The number of nitrogens with one attached hydrogen (secondary N) is 1. The summed E-state index contributed by atoms with van der Waals surface area (Å²) >= 11 is 0. The molecule has 2 aromatic heterocycles. The molecule has 3 aromatic rings. The van der Waals surface area contributed by atoms with Crippen LogP contribution in [0.4, 0.5) is 10.2 Å². The SMILES string of the molecule is Cc1cccc(N2CCC(NC(=O)c3cc(C)n(-c4ccccc4F)c3C)CC2)n1. The highest BCUT2D eigenvalue weighted by Crippen LogP contribution is 2.24. The van der Waals surface area contributed by atoms with Crippen molar-refractivity contribution < 1.29 is 9.18 Å². The number of para-hydroxylation sites is 1. The fourth-order valence-electron chi connectivity index (χ4n) is 4.22. The third-order valence-corrected chi connectivity index (χ3v) is 5.80. The number of benzene rings is 1. The number of aryl methyl sites for hydroxylation is 2. The van der Waals surface area contributed by atoms with Gasteiger partial charge in [-0.1, -0.05) is 18.2 Å². The monoisotopic (exact) mass is 406 g/mol. The second-order valence-corrected chi connectivity index (χ2v) is 7.94. The van der Waals surface area contributed by atoms with Gasteiger partial charge in [0.2, 0.25) is 0 Å². The van der Waals surface area contributed by atoms with Gasteiger partial charge in [0.1, 0.15) is 11.6 Å². The van der Waals surface area contributed by atoms with Crippen molar-refractivity contribution in [3.05, 3.63) is 77.0 Å². The molecule has 0 unspecified atom stereocenters. The van der Waals surface area contributed by atoms with Crippen molar-refractivity contribution in [3.63, 3.8) is 0 Å². The van der Waals surface area contributed by atoms with Crippen LogP contribution in [0.15, 0.2) is 48.5 Å². The maximum absolute atomic E-state index is 14.3. The fourth-order valence-corrected chi connectivity index (χ4v) is 4.22. The van der Waals surface area contributed by atoms with E-state index in [0.717, 1.165) is 48.8 Å². The lowest BCUT2D eigenvalue weighted by atomic mass is 10.0. The number of pyridine rings is 1. The van der Waals surface area contributed by atoms with Crippen LogP contribution in [-0.4, -0.2) is 34.6 Å². The topological polar surface area (TPSA) is 50.2 Å². The summed E-state index contributed by atoms with van der Waals surface area (Å²) in [7, 11) is 0. The molecular weight excluding hydrogens is 379 g/mol. The van der Waals surface area contributed by atoms with E-state index in [0.29, 0.717) is 11.3 Å². The molecule has 0 atom stereocenters. The van der Waals surface area contributed by atoms with Gasteiger partial charge in [-0.25, -0.2) is 9.37 Å². The minimum atomic E-state index is -0.302. The Labute approximate surface area is 176 Å². The van der Waals surface area contributed by atoms with E-state index in [4.69, 9.17) is 0 Å². The van der Waals surface area contributed by atoms with E-state index in [2.05, 4.69) is 15.2 Å². The lowest BCUT2D eigenvalue weighted by molar-refractivity contribution is 0.0930. The van der Waals surface area contributed by atoms with Crippen molar-refractivity contribution in [2.24, 2.45) is 0 Å². The Kier molecular flexibility index (Phi) is 5.57. The van der Waals surface area contributed by atoms with E-state index >= 15 is 0 Å². The molecule has 3 heterocycles. The number of anilines is 1. The second-order valence-electron chi connectivity index (χ2n) is 7.94. The average Bonchev–Trinajstić information content (AvgIpc) is 3.03. The van der Waals surface area contributed by atoms with Gasteiger partial charge < -0.3 is 14.8 Å². The first kappa shape index (κ1) is 20.1. The molecule has 30 heavy (non-hydrogen) atoms. The molecule has 0 spiro atoms. The highest BCUT2D eigenvalue weighted by molar-refractivity contribution is 5.96. The highest BCUT2D eigenvalue weighted by Gasteiger charge is 2.24. The molecule has 1 aliphatic rings. The van der Waals surface area contributed by atoms with Gasteiger partial charge in [0.25, 0.3) is 5.91 Å². The van der Waals surface area contributed by atoms with Crippen LogP contribution in [0.5, 0.6) is 0 Å². The molecule has 1 amide bonds. The van der Waals surface area contributed by atoms with Crippen molar-refractivity contribution in [1.82, 2.24) is 14.9 Å². The number of carbonyl (C=O) groups excluding carboxylic acids is 1. The summed E-state index contributed by atoms with van der Waals surface area (Å²) in [4.78, 5) is 19.8. The number of aromatic nitrogens is 2. The van der Waals surface area contributed by atoms with Crippen molar-refractivity contribution >= 4 is 11.7 Å². The normalized spacial score (nSPS) is 14.7. The Hall–Kier alpha value is -3.15. The lowest BCUT2D eigenvalue weighted by Crippen LogP contribution is -2.45. The van der Waals surface area contributed by atoms with Crippen LogP contribution in [0.2, 0.25) is 0 Å². The maximum atomic E-state index is 14.3. The van der Waals surface area contributed by atoms with Gasteiger partial charge in [0.15, 0.2) is 0 Å². The summed E-state index contributed by atoms with van der Waals surface area (Å²) in [6.45, 7) is 7.46. The van der Waals surface area contributed by atoms with E-state index in [1.807, 2.05) is 45.0 Å². The van der Waals surface area contributed by atoms with Gasteiger partial charge in [0.05, 0.1) is 11.3 Å². The molecule has 1 saturated heterocycles. The van der Waals surface area contributed by atoms with Crippen LogP contribution < -0.4 is 10.2 Å². The standard InChI is InChI=1S/C24H27FN4O/c1-16-7-6-10-23(26-16)28-13-11-19(12-14-28)27-24(30)20-15-17(2)29(18(20)3)22-9-5-4-8-21(22)25/h4-10,15,19H,11-14H2,1-3H3,(H,27,30). The minimum absolute atomic E-state index is 0.0992. The molecule has 0 radical (unpaired) electrons. The van der Waals surface area contributed by atoms with Crippen molar-refractivity contribution in [2.75, 3.05) is 18.0 Å². The van der Waals surface area contributed by atoms with Gasteiger partial charge >= 0.3 is 0 Å². The Balaban J connectivity index is 1.44. The number of nitrogens with zero attached hydrogens (tertiary/aromatic N) is 3. The zero-order valence-corrected chi connectivity index (χ0v) is 17.7. The number of rotatable bonds is 4. The summed E-state index contributed by atoms with van der Waals surface area (Å²) in [5.41, 5.74) is 3.65. The first-order chi connectivity index (χ1) is 14.4. The van der Waals surface area contributed by atoms with Crippen LogP contribution in [0.25, 0.3) is 5.69 Å². The fraction of sp³-hybridized carbons (Fsp3) is 0.333. The van der Waals surface area contributed by atoms with Crippen molar-refractivity contribution in [1.29, 1.82) is 0 Å². The van der Waals surface area contributed by atoms with Crippen LogP contribution in [0.3, 0.4) is 0 Å². The minimum Gasteiger partial charge on any atom is -0.356 e. The predicted molar refractivity (Wildman–Crippen MR) is 117 cm³/mol. The molecule has 1 N–H and O–H groups in total. The highest BCUT2D eigenvalue weighted by atomic mass is 19.1. The van der Waals surface area contributed by atoms with Crippen molar-refractivity contribution in [2.45, 2.75) is 39.7 Å². The smallest absolute Gasteiger partial charge is 0.253 e. The third kappa shape index (κ3) is 3.95. The molecule has 0 saturated carbocycles. The van der Waals surface area contributed by atoms with Gasteiger partial charge in [-0.2, -0.15) is 0 Å². The van der Waals surface area contributed by atoms with Gasteiger partial charge in [0, 0.05) is 36.2 Å². The molecular formula is C24H27FN4O. The van der Waals surface area contributed by atoms with Crippen molar-refractivity contribution in [3.8, 4) is 5.69 Å². The quantitative estimate of drug-likeness (QED) is 0.701. The maximum Gasteiger partial charge on any atom is 0.253 e. The zero-order chi connectivity index (χ0) is 21.3. The molecule has 1 fully saturated rings. The Morgan fingerprint density at radius 1 is 1.07 bits per heavy atom. The summed E-state index contributed by atoms with van der Waals surface area (Å²) in [5.74, 6) is 0.592. The second kappa shape index (κ2) is 8.30. The van der Waals surface area contributed by atoms with Gasteiger partial charge in [-0.15, -0.1) is 0 Å². The summed E-state index contributed by atoms with van der Waals surface area (Å²) in [5, 5.41) is 3.17. The van der Waals surface area contributed by atoms with Crippen LogP contribution in [-0.2, 0) is 0 Å². The molecule has 0 aliphatic carbocycles. The van der Waals surface area contributed by atoms with Crippen LogP contribution in [0, 0.1) is 26.6 Å². The zero-order valence-electron chi connectivity index (χ0n) is 17.7. The van der Waals surface area contributed by atoms with E-state index in [-0.39, 0.29) is 17.8 Å². The predicted octanol–water partition coefficient (Wildman–Crippen LogP) is 4.34. The largest absolute Gasteiger partial charge is 0.356 e. The summed E-state index contributed by atoms with van der Waals surface area (Å²) < 4.78 is 16.1. The molecule has 6 heteroatoms. The van der Waals surface area contributed by atoms with Gasteiger partial charge in [-0.3, -0.25) is 4.79 Å². The summed E-state index contributed by atoms with van der Waals surface area (Å²) in [6, 6.07) is 14.6. The van der Waals surface area contributed by atoms with E-state index in [1.54, 1.807) is 22.8 Å². The van der Waals surface area contributed by atoms with Crippen LogP contribution in [0.1, 0.15) is 40.3 Å². The number of hydrogen-bond acceptors (Lipinski definition) is 3. The lowest BCUT2D eigenvalue weighted by Gasteiger charge is -2.33. The van der Waals surface area contributed by atoms with Gasteiger partial charge in [-0.05, 0) is 63.9 Å².